The third kappa shape index (κ3) is 6.67. The van der Waals surface area contributed by atoms with Crippen LogP contribution in [0.4, 0.5) is 0 Å². The monoisotopic (exact) mass is 442 g/mol. The van der Waals surface area contributed by atoms with E-state index in [4.69, 9.17) is 10.5 Å². The summed E-state index contributed by atoms with van der Waals surface area (Å²) >= 11 is 0. The maximum absolute atomic E-state index is 13.0. The van der Waals surface area contributed by atoms with Crippen molar-refractivity contribution >= 4 is 11.8 Å². The molecule has 3 rings (SSSR count). The highest BCUT2D eigenvalue weighted by Gasteiger charge is 2.31. The van der Waals surface area contributed by atoms with Crippen LogP contribution >= 0.6 is 0 Å². The first-order chi connectivity index (χ1) is 16.0. The minimum absolute atomic E-state index is 0.0519. The Bertz CT molecular complexity index is 1030. The maximum atomic E-state index is 13.0. The average Bonchev–Trinajstić information content (AvgIpc) is 2.86. The summed E-state index contributed by atoms with van der Waals surface area (Å²) in [5.74, 6) is 0.243. The van der Waals surface area contributed by atoms with Crippen LogP contribution in [0.2, 0.25) is 0 Å². The van der Waals surface area contributed by atoms with Gasteiger partial charge in [0.1, 0.15) is 0 Å². The Hall–Kier alpha value is -3.64. The van der Waals surface area contributed by atoms with Crippen molar-refractivity contribution in [3.05, 3.63) is 70.8 Å². The largest absolute Gasteiger partial charge is 0.339 e. The van der Waals surface area contributed by atoms with Crippen molar-refractivity contribution in [3.8, 4) is 12.1 Å². The molecule has 0 aliphatic carbocycles. The van der Waals surface area contributed by atoms with Gasteiger partial charge in [-0.3, -0.25) is 9.59 Å². The van der Waals surface area contributed by atoms with Gasteiger partial charge in [0.25, 0.3) is 0 Å². The predicted octanol–water partition coefficient (Wildman–Crippen LogP) is 3.83. The molecule has 0 N–H and O–H groups in total. The first kappa shape index (κ1) is 24.0. The van der Waals surface area contributed by atoms with Crippen molar-refractivity contribution in [1.82, 2.24) is 9.80 Å². The fourth-order valence-corrected chi connectivity index (χ4v) is 4.29. The SMILES string of the molecule is CCC[C@H]1CN(C(=O)CCc2ccc(C#N)cc2)CCN1C(=O)CCc1ccc(C#N)cc1. The predicted molar refractivity (Wildman–Crippen MR) is 126 cm³/mol. The topological polar surface area (TPSA) is 88.2 Å². The van der Waals surface area contributed by atoms with E-state index in [9.17, 15) is 9.59 Å². The van der Waals surface area contributed by atoms with Crippen LogP contribution in [-0.2, 0) is 22.4 Å². The molecule has 1 saturated heterocycles. The van der Waals surface area contributed by atoms with Crippen molar-refractivity contribution in [2.75, 3.05) is 19.6 Å². The molecule has 170 valence electrons. The number of hydrogen-bond donors (Lipinski definition) is 0. The highest BCUT2D eigenvalue weighted by molar-refractivity contribution is 5.79. The van der Waals surface area contributed by atoms with Crippen LogP contribution in [0.3, 0.4) is 0 Å². The van der Waals surface area contributed by atoms with Gasteiger partial charge in [-0.2, -0.15) is 10.5 Å². The van der Waals surface area contributed by atoms with E-state index in [1.54, 1.807) is 24.3 Å². The second-order valence-corrected chi connectivity index (χ2v) is 8.49. The lowest BCUT2D eigenvalue weighted by molar-refractivity contribution is -0.143. The van der Waals surface area contributed by atoms with Gasteiger partial charge in [-0.15, -0.1) is 0 Å². The van der Waals surface area contributed by atoms with Gasteiger partial charge >= 0.3 is 0 Å². The minimum Gasteiger partial charge on any atom is -0.339 e. The Balaban J connectivity index is 1.52. The molecule has 33 heavy (non-hydrogen) atoms. The molecule has 6 nitrogen and oxygen atoms in total. The van der Waals surface area contributed by atoms with E-state index in [0.717, 1.165) is 24.0 Å². The summed E-state index contributed by atoms with van der Waals surface area (Å²) in [5, 5.41) is 17.8. The molecule has 2 aromatic rings. The number of rotatable bonds is 8. The number of benzene rings is 2. The minimum atomic E-state index is 0.0519. The van der Waals surface area contributed by atoms with E-state index in [0.29, 0.717) is 56.4 Å². The molecule has 2 aromatic carbocycles. The quantitative estimate of drug-likeness (QED) is 0.621. The number of nitrogens with zero attached hydrogens (tertiary/aromatic N) is 4. The molecule has 0 aromatic heterocycles. The first-order valence-electron chi connectivity index (χ1n) is 11.6. The summed E-state index contributed by atoms with van der Waals surface area (Å²) in [5.41, 5.74) is 3.33. The van der Waals surface area contributed by atoms with E-state index in [1.165, 1.54) is 0 Å². The van der Waals surface area contributed by atoms with Crippen molar-refractivity contribution in [2.45, 2.75) is 51.5 Å². The smallest absolute Gasteiger partial charge is 0.223 e. The number of piperazine rings is 1. The van der Waals surface area contributed by atoms with Gasteiger partial charge in [0.15, 0.2) is 0 Å². The van der Waals surface area contributed by atoms with Crippen molar-refractivity contribution in [2.24, 2.45) is 0 Å². The summed E-state index contributed by atoms with van der Waals surface area (Å²) in [6.07, 6.45) is 3.98. The van der Waals surface area contributed by atoms with Crippen LogP contribution in [0.5, 0.6) is 0 Å². The molecule has 0 saturated carbocycles. The zero-order valence-corrected chi connectivity index (χ0v) is 19.2. The van der Waals surface area contributed by atoms with Gasteiger partial charge < -0.3 is 9.80 Å². The second kappa shape index (κ2) is 11.8. The number of aryl methyl sites for hydroxylation is 2. The van der Waals surface area contributed by atoms with Crippen LogP contribution in [0, 0.1) is 22.7 Å². The fraction of sp³-hybridized carbons (Fsp3) is 0.407. The molecular weight excluding hydrogens is 412 g/mol. The lowest BCUT2D eigenvalue weighted by Gasteiger charge is -2.41. The van der Waals surface area contributed by atoms with Crippen molar-refractivity contribution in [3.63, 3.8) is 0 Å². The summed E-state index contributed by atoms with van der Waals surface area (Å²) in [6.45, 7) is 3.82. The molecule has 1 heterocycles. The Kier molecular flexibility index (Phi) is 8.61. The van der Waals surface area contributed by atoms with Gasteiger partial charge in [-0.05, 0) is 54.7 Å². The lowest BCUT2D eigenvalue weighted by atomic mass is 10.0. The van der Waals surface area contributed by atoms with E-state index < -0.39 is 0 Å². The molecular formula is C27H30N4O2. The molecule has 0 spiro atoms. The molecule has 1 aliphatic rings. The summed E-state index contributed by atoms with van der Waals surface area (Å²) in [4.78, 5) is 29.7. The molecule has 1 fully saturated rings. The van der Waals surface area contributed by atoms with Gasteiger partial charge in [-0.1, -0.05) is 37.6 Å². The highest BCUT2D eigenvalue weighted by Crippen LogP contribution is 2.18. The van der Waals surface area contributed by atoms with Crippen LogP contribution in [0.1, 0.15) is 54.9 Å². The van der Waals surface area contributed by atoms with E-state index in [1.807, 2.05) is 34.1 Å². The number of carbonyl (C=O) groups excluding carboxylic acids is 2. The average molecular weight is 443 g/mol. The second-order valence-electron chi connectivity index (χ2n) is 8.49. The Morgan fingerprint density at radius 3 is 1.85 bits per heavy atom. The molecule has 0 radical (unpaired) electrons. The zero-order valence-electron chi connectivity index (χ0n) is 19.2. The fourth-order valence-electron chi connectivity index (χ4n) is 4.29. The molecule has 1 atom stereocenters. The van der Waals surface area contributed by atoms with Crippen LogP contribution in [0.15, 0.2) is 48.5 Å². The normalized spacial score (nSPS) is 15.5. The third-order valence-corrected chi connectivity index (χ3v) is 6.20. The van der Waals surface area contributed by atoms with E-state index >= 15 is 0 Å². The maximum Gasteiger partial charge on any atom is 0.223 e. The highest BCUT2D eigenvalue weighted by atomic mass is 16.2. The lowest BCUT2D eigenvalue weighted by Crippen LogP contribution is -2.56. The number of nitriles is 2. The van der Waals surface area contributed by atoms with Crippen LogP contribution in [0.25, 0.3) is 0 Å². The summed E-state index contributed by atoms with van der Waals surface area (Å²) < 4.78 is 0. The van der Waals surface area contributed by atoms with Gasteiger partial charge in [0.05, 0.1) is 23.3 Å². The van der Waals surface area contributed by atoms with Gasteiger partial charge in [-0.25, -0.2) is 0 Å². The summed E-state index contributed by atoms with van der Waals surface area (Å²) in [6, 6.07) is 19.0. The Morgan fingerprint density at radius 1 is 0.848 bits per heavy atom. The third-order valence-electron chi connectivity index (χ3n) is 6.20. The zero-order chi connectivity index (χ0) is 23.6. The van der Waals surface area contributed by atoms with E-state index in [2.05, 4.69) is 19.1 Å². The molecule has 0 unspecified atom stereocenters. The molecule has 6 heteroatoms. The van der Waals surface area contributed by atoms with Crippen LogP contribution < -0.4 is 0 Å². The van der Waals surface area contributed by atoms with E-state index in [-0.39, 0.29) is 17.9 Å². The van der Waals surface area contributed by atoms with Gasteiger partial charge in [0.2, 0.25) is 11.8 Å². The number of hydrogen-bond acceptors (Lipinski definition) is 4. The number of carbonyl (C=O) groups is 2. The summed E-state index contributed by atoms with van der Waals surface area (Å²) in [7, 11) is 0. The van der Waals surface area contributed by atoms with Crippen molar-refractivity contribution in [1.29, 1.82) is 10.5 Å². The molecule has 2 amide bonds. The Labute approximate surface area is 196 Å². The Morgan fingerprint density at radius 2 is 1.36 bits per heavy atom. The first-order valence-corrected chi connectivity index (χ1v) is 11.6. The number of amides is 2. The standard InChI is InChI=1S/C27H30N4O2/c1-2-3-25-20-30(26(32)14-12-21-4-8-23(18-28)9-5-21)16-17-31(25)27(33)15-13-22-6-10-24(19-29)11-7-22/h4-11,25H,2-3,12-17,20H2,1H3/t25-/m0/s1. The van der Waals surface area contributed by atoms with Gasteiger partial charge in [0, 0.05) is 38.5 Å². The van der Waals surface area contributed by atoms with Crippen LogP contribution in [-0.4, -0.2) is 47.3 Å². The molecule has 1 aliphatic heterocycles. The molecule has 0 bridgehead atoms. The van der Waals surface area contributed by atoms with Crippen molar-refractivity contribution < 1.29 is 9.59 Å².